The molecule has 0 fully saturated rings. The van der Waals surface area contributed by atoms with E-state index < -0.39 is 56.9 Å². The largest absolute Gasteiger partial charge is 0.417 e. The van der Waals surface area contributed by atoms with Gasteiger partial charge < -0.3 is 10.2 Å². The summed E-state index contributed by atoms with van der Waals surface area (Å²) in [7, 11) is -4.23. The molecule has 0 aliphatic carbocycles. The Bertz CT molecular complexity index is 1240. The molecule has 7 nitrogen and oxygen atoms in total. The molecule has 0 saturated heterocycles. The molecule has 198 valence electrons. The van der Waals surface area contributed by atoms with Crippen molar-refractivity contribution in [3.8, 4) is 0 Å². The molecule has 14 heteroatoms. The van der Waals surface area contributed by atoms with Crippen molar-refractivity contribution in [1.82, 2.24) is 10.2 Å². The summed E-state index contributed by atoms with van der Waals surface area (Å²) >= 11 is 17.6. The number of carbonyl (C=O) groups is 2. The summed E-state index contributed by atoms with van der Waals surface area (Å²) in [5, 5.41) is 2.42. The molecule has 0 radical (unpaired) electrons. The van der Waals surface area contributed by atoms with Gasteiger partial charge in [0.2, 0.25) is 21.8 Å². The van der Waals surface area contributed by atoms with Gasteiger partial charge in [-0.05, 0) is 49.7 Å². The molecule has 1 N–H and O–H groups in total. The maximum Gasteiger partial charge on any atom is 0.417 e. The highest BCUT2D eigenvalue weighted by Gasteiger charge is 2.35. The highest BCUT2D eigenvalue weighted by atomic mass is 35.5. The smallest absolute Gasteiger partial charge is 0.355 e. The molecule has 0 heterocycles. The summed E-state index contributed by atoms with van der Waals surface area (Å²) in [6.45, 7) is 2.37. The maximum atomic E-state index is 13.4. The van der Waals surface area contributed by atoms with E-state index in [2.05, 4.69) is 5.32 Å². The number of hydrogen-bond donors (Lipinski definition) is 1. The second-order valence-electron chi connectivity index (χ2n) is 7.77. The molecule has 0 unspecified atom stereocenters. The van der Waals surface area contributed by atoms with Gasteiger partial charge in [-0.3, -0.25) is 13.9 Å². The highest BCUT2D eigenvalue weighted by molar-refractivity contribution is 7.92. The van der Waals surface area contributed by atoms with Gasteiger partial charge in [-0.15, -0.1) is 0 Å². The minimum absolute atomic E-state index is 0.153. The highest BCUT2D eigenvalue weighted by Crippen LogP contribution is 2.37. The number of anilines is 1. The van der Waals surface area contributed by atoms with Crippen molar-refractivity contribution in [3.05, 3.63) is 62.6 Å². The van der Waals surface area contributed by atoms with Crippen LogP contribution in [0.2, 0.25) is 15.1 Å². The third-order valence-corrected chi connectivity index (χ3v) is 7.29. The number of nitrogens with one attached hydrogen (secondary N) is 1. The summed E-state index contributed by atoms with van der Waals surface area (Å²) in [5.41, 5.74) is -1.18. The molecule has 0 aliphatic rings. The molecular formula is C22H23Cl3F3N3O4S. The van der Waals surface area contributed by atoms with Gasteiger partial charge in [0.25, 0.3) is 0 Å². The van der Waals surface area contributed by atoms with E-state index in [1.165, 1.54) is 19.1 Å². The zero-order valence-corrected chi connectivity index (χ0v) is 22.5. The standard InChI is InChI=1S/C22H23Cl3F3N3O4S/c1-4-29-21(33)13(2)30(11-14-5-7-18(24)19(25)9-14)20(32)12-31(36(3,34)35)15-6-8-17(23)16(10-15)22(26,27)28/h5-10,13H,4,11-12H2,1-3H3,(H,29,33)/t13-/m0/s1. The molecule has 0 bridgehead atoms. The second-order valence-corrected chi connectivity index (χ2v) is 10.9. The van der Waals surface area contributed by atoms with E-state index in [9.17, 15) is 31.2 Å². The van der Waals surface area contributed by atoms with Crippen molar-refractivity contribution >= 4 is 62.3 Å². The van der Waals surface area contributed by atoms with Crippen molar-refractivity contribution in [2.24, 2.45) is 0 Å². The number of likely N-dealkylation sites (N-methyl/N-ethyl adjacent to an activating group) is 1. The second kappa shape index (κ2) is 11.9. The van der Waals surface area contributed by atoms with Crippen LogP contribution >= 0.6 is 34.8 Å². The quantitative estimate of drug-likeness (QED) is 0.448. The van der Waals surface area contributed by atoms with Crippen LogP contribution in [0.1, 0.15) is 25.0 Å². The number of halogens is 6. The fourth-order valence-electron chi connectivity index (χ4n) is 3.24. The predicted octanol–water partition coefficient (Wildman–Crippen LogP) is 4.99. The number of carbonyl (C=O) groups excluding carboxylic acids is 2. The Kier molecular flexibility index (Phi) is 9.91. The molecule has 0 aliphatic heterocycles. The molecule has 0 saturated carbocycles. The predicted molar refractivity (Wildman–Crippen MR) is 134 cm³/mol. The van der Waals surface area contributed by atoms with Gasteiger partial charge in [0.15, 0.2) is 0 Å². The Balaban J connectivity index is 2.49. The zero-order valence-electron chi connectivity index (χ0n) is 19.4. The first-order chi connectivity index (χ1) is 16.6. The van der Waals surface area contributed by atoms with E-state index in [-0.39, 0.29) is 23.1 Å². The summed E-state index contributed by atoms with van der Waals surface area (Å²) in [4.78, 5) is 27.0. The minimum atomic E-state index is -4.85. The van der Waals surface area contributed by atoms with E-state index in [1.807, 2.05) is 0 Å². The Morgan fingerprint density at radius 3 is 2.17 bits per heavy atom. The van der Waals surface area contributed by atoms with Gasteiger partial charge in [0, 0.05) is 13.1 Å². The number of rotatable bonds is 9. The first-order valence-electron chi connectivity index (χ1n) is 10.4. The van der Waals surface area contributed by atoms with Crippen molar-refractivity contribution in [1.29, 1.82) is 0 Å². The van der Waals surface area contributed by atoms with Gasteiger partial charge >= 0.3 is 6.18 Å². The van der Waals surface area contributed by atoms with Crippen LogP contribution in [0, 0.1) is 0 Å². The Morgan fingerprint density at radius 1 is 1.03 bits per heavy atom. The fourth-order valence-corrected chi connectivity index (χ4v) is 4.63. The lowest BCUT2D eigenvalue weighted by Gasteiger charge is -2.31. The van der Waals surface area contributed by atoms with Crippen LogP contribution in [0.25, 0.3) is 0 Å². The van der Waals surface area contributed by atoms with Crippen molar-refractivity contribution < 1.29 is 31.2 Å². The fraction of sp³-hybridized carbons (Fsp3) is 0.364. The van der Waals surface area contributed by atoms with Gasteiger partial charge in [-0.25, -0.2) is 8.42 Å². The van der Waals surface area contributed by atoms with E-state index in [4.69, 9.17) is 34.8 Å². The van der Waals surface area contributed by atoms with E-state index >= 15 is 0 Å². The van der Waals surface area contributed by atoms with Crippen molar-refractivity contribution in [3.63, 3.8) is 0 Å². The molecule has 0 aromatic heterocycles. The number of benzene rings is 2. The topological polar surface area (TPSA) is 86.8 Å². The minimum Gasteiger partial charge on any atom is -0.355 e. The third kappa shape index (κ3) is 7.64. The van der Waals surface area contributed by atoms with Crippen LogP contribution < -0.4 is 9.62 Å². The van der Waals surface area contributed by atoms with Gasteiger partial charge in [-0.1, -0.05) is 40.9 Å². The lowest BCUT2D eigenvalue weighted by molar-refractivity contribution is -0.139. The van der Waals surface area contributed by atoms with Crippen LogP contribution in [-0.4, -0.2) is 50.5 Å². The first kappa shape index (κ1) is 30.0. The zero-order chi connectivity index (χ0) is 27.4. The Labute approximate surface area is 222 Å². The molecule has 36 heavy (non-hydrogen) atoms. The van der Waals surface area contributed by atoms with Gasteiger partial charge in [-0.2, -0.15) is 13.2 Å². The molecule has 2 aromatic carbocycles. The molecule has 2 aromatic rings. The number of alkyl halides is 3. The molecule has 2 amide bonds. The first-order valence-corrected chi connectivity index (χ1v) is 13.4. The van der Waals surface area contributed by atoms with Crippen LogP contribution in [0.4, 0.5) is 18.9 Å². The summed E-state index contributed by atoms with van der Waals surface area (Å²) in [6, 6.07) is 6.00. The van der Waals surface area contributed by atoms with E-state index in [1.54, 1.807) is 13.0 Å². The van der Waals surface area contributed by atoms with Crippen molar-refractivity contribution in [2.45, 2.75) is 32.6 Å². The lowest BCUT2D eigenvalue weighted by Crippen LogP contribution is -2.51. The van der Waals surface area contributed by atoms with E-state index in [0.717, 1.165) is 23.3 Å². The van der Waals surface area contributed by atoms with E-state index in [0.29, 0.717) is 15.9 Å². The van der Waals surface area contributed by atoms with Gasteiger partial charge in [0.1, 0.15) is 12.6 Å². The van der Waals surface area contributed by atoms with Crippen LogP contribution in [0.15, 0.2) is 36.4 Å². The van der Waals surface area contributed by atoms with Crippen molar-refractivity contribution in [2.75, 3.05) is 23.7 Å². The Hall–Kier alpha value is -2.21. The average molecular weight is 589 g/mol. The number of hydrogen-bond acceptors (Lipinski definition) is 4. The SMILES string of the molecule is CCNC(=O)[C@H](C)N(Cc1ccc(Cl)c(Cl)c1)C(=O)CN(c1ccc(Cl)c(C(F)(F)F)c1)S(C)(=O)=O. The third-order valence-electron chi connectivity index (χ3n) is 5.08. The summed E-state index contributed by atoms with van der Waals surface area (Å²) in [5.74, 6) is -1.35. The number of nitrogens with zero attached hydrogens (tertiary/aromatic N) is 2. The monoisotopic (exact) mass is 587 g/mol. The maximum absolute atomic E-state index is 13.4. The van der Waals surface area contributed by atoms with Crippen LogP contribution in [-0.2, 0) is 32.3 Å². The van der Waals surface area contributed by atoms with Gasteiger partial charge in [0.05, 0.1) is 32.6 Å². The molecular weight excluding hydrogens is 566 g/mol. The average Bonchev–Trinajstić information content (AvgIpc) is 2.76. The van der Waals surface area contributed by atoms with Crippen LogP contribution in [0.3, 0.4) is 0 Å². The number of amides is 2. The summed E-state index contributed by atoms with van der Waals surface area (Å²) in [6.07, 6.45) is -4.11. The molecule has 2 rings (SSSR count). The lowest BCUT2D eigenvalue weighted by atomic mass is 10.1. The summed E-state index contributed by atoms with van der Waals surface area (Å²) < 4.78 is 65.6. The van der Waals surface area contributed by atoms with Crippen LogP contribution in [0.5, 0.6) is 0 Å². The Morgan fingerprint density at radius 2 is 1.64 bits per heavy atom. The molecule has 0 spiro atoms. The molecule has 1 atom stereocenters. The number of sulfonamides is 1. The normalized spacial score (nSPS) is 12.7.